The molecule has 1 aliphatic heterocycles. The maximum Gasteiger partial charge on any atom is 0.251 e. The van der Waals surface area contributed by atoms with E-state index in [0.29, 0.717) is 25.2 Å². The maximum atomic E-state index is 12.1. The first-order valence-electron chi connectivity index (χ1n) is 7.35. The minimum Gasteiger partial charge on any atom is -0.354 e. The Hall–Kier alpha value is -1.59. The van der Waals surface area contributed by atoms with Crippen molar-refractivity contribution in [3.05, 3.63) is 35.4 Å². The molecule has 0 spiro atoms. The fourth-order valence-corrected chi connectivity index (χ4v) is 2.38. The van der Waals surface area contributed by atoms with Gasteiger partial charge in [-0.15, -0.1) is 12.4 Å². The van der Waals surface area contributed by atoms with Crippen LogP contribution in [-0.4, -0.2) is 38.0 Å². The SMILES string of the molecule is Cc1ccc(C(=O)NCCNC(=O)C2(C)CCNC2)cc1.Cl. The summed E-state index contributed by atoms with van der Waals surface area (Å²) in [5, 5.41) is 8.89. The molecule has 0 saturated carbocycles. The van der Waals surface area contributed by atoms with Gasteiger partial charge in [0.15, 0.2) is 0 Å². The number of hydrogen-bond donors (Lipinski definition) is 3. The van der Waals surface area contributed by atoms with E-state index >= 15 is 0 Å². The number of amides is 2. The van der Waals surface area contributed by atoms with Crippen LogP contribution < -0.4 is 16.0 Å². The second kappa shape index (κ2) is 8.15. The summed E-state index contributed by atoms with van der Waals surface area (Å²) in [5.74, 6) is -0.0601. The number of aryl methyl sites for hydroxylation is 1. The predicted molar refractivity (Wildman–Crippen MR) is 89.4 cm³/mol. The Morgan fingerprint density at radius 2 is 1.82 bits per heavy atom. The van der Waals surface area contributed by atoms with Gasteiger partial charge in [0.05, 0.1) is 5.41 Å². The molecule has 0 aromatic heterocycles. The molecule has 0 bridgehead atoms. The van der Waals surface area contributed by atoms with Gasteiger partial charge in [0.2, 0.25) is 5.91 Å². The quantitative estimate of drug-likeness (QED) is 0.714. The summed E-state index contributed by atoms with van der Waals surface area (Å²) in [4.78, 5) is 23.9. The molecule has 0 aliphatic carbocycles. The van der Waals surface area contributed by atoms with Crippen molar-refractivity contribution < 1.29 is 9.59 Å². The fraction of sp³-hybridized carbons (Fsp3) is 0.500. The van der Waals surface area contributed by atoms with Gasteiger partial charge in [0.25, 0.3) is 5.91 Å². The van der Waals surface area contributed by atoms with Crippen molar-refractivity contribution in [1.29, 1.82) is 0 Å². The van der Waals surface area contributed by atoms with E-state index in [9.17, 15) is 9.59 Å². The number of benzene rings is 1. The third kappa shape index (κ3) is 4.71. The van der Waals surface area contributed by atoms with Crippen LogP contribution in [0.15, 0.2) is 24.3 Å². The normalized spacial score (nSPS) is 20.1. The van der Waals surface area contributed by atoms with Gasteiger partial charge in [-0.2, -0.15) is 0 Å². The Morgan fingerprint density at radius 1 is 1.18 bits per heavy atom. The van der Waals surface area contributed by atoms with Crippen molar-refractivity contribution in [2.24, 2.45) is 5.41 Å². The van der Waals surface area contributed by atoms with Crippen LogP contribution >= 0.6 is 12.4 Å². The van der Waals surface area contributed by atoms with Crippen molar-refractivity contribution in [2.75, 3.05) is 26.2 Å². The molecule has 5 nitrogen and oxygen atoms in total. The van der Waals surface area contributed by atoms with Crippen molar-refractivity contribution in [1.82, 2.24) is 16.0 Å². The Balaban J connectivity index is 0.00000242. The van der Waals surface area contributed by atoms with Crippen LogP contribution in [0.4, 0.5) is 0 Å². The molecular formula is C16H24ClN3O2. The molecule has 2 rings (SSSR count). The Kier molecular flexibility index (Phi) is 6.84. The molecule has 1 atom stereocenters. The summed E-state index contributed by atoms with van der Waals surface area (Å²) in [5.41, 5.74) is 1.44. The maximum absolute atomic E-state index is 12.1. The average Bonchev–Trinajstić information content (AvgIpc) is 2.92. The number of nitrogens with one attached hydrogen (secondary N) is 3. The van der Waals surface area contributed by atoms with Crippen molar-refractivity contribution in [3.63, 3.8) is 0 Å². The highest BCUT2D eigenvalue weighted by Gasteiger charge is 2.35. The van der Waals surface area contributed by atoms with E-state index in [4.69, 9.17) is 0 Å². The number of carbonyl (C=O) groups is 2. The van der Waals surface area contributed by atoms with Gasteiger partial charge >= 0.3 is 0 Å². The number of carbonyl (C=O) groups excluding carboxylic acids is 2. The zero-order valence-electron chi connectivity index (χ0n) is 13.1. The van der Waals surface area contributed by atoms with Gasteiger partial charge < -0.3 is 16.0 Å². The fourth-order valence-electron chi connectivity index (χ4n) is 2.38. The second-order valence-corrected chi connectivity index (χ2v) is 5.87. The lowest BCUT2D eigenvalue weighted by Gasteiger charge is -2.21. The van der Waals surface area contributed by atoms with Crippen LogP contribution in [0.5, 0.6) is 0 Å². The highest BCUT2D eigenvalue weighted by Crippen LogP contribution is 2.24. The molecule has 6 heteroatoms. The standard InChI is InChI=1S/C16H23N3O2.ClH/c1-12-3-5-13(6-4-12)14(20)18-9-10-19-15(21)16(2)7-8-17-11-16;/h3-6,17H,7-11H2,1-2H3,(H,18,20)(H,19,21);1H. The second-order valence-electron chi connectivity index (χ2n) is 5.87. The zero-order valence-corrected chi connectivity index (χ0v) is 13.9. The lowest BCUT2D eigenvalue weighted by atomic mass is 9.89. The molecule has 1 saturated heterocycles. The Bertz CT molecular complexity index is 511. The average molecular weight is 326 g/mol. The van der Waals surface area contributed by atoms with Crippen LogP contribution in [0.3, 0.4) is 0 Å². The first kappa shape index (κ1) is 18.5. The molecule has 1 unspecified atom stereocenters. The lowest BCUT2D eigenvalue weighted by Crippen LogP contribution is -2.43. The van der Waals surface area contributed by atoms with E-state index < -0.39 is 0 Å². The molecule has 1 aromatic carbocycles. The van der Waals surface area contributed by atoms with E-state index in [2.05, 4.69) is 16.0 Å². The molecule has 3 N–H and O–H groups in total. The molecule has 1 aliphatic rings. The van der Waals surface area contributed by atoms with Gasteiger partial charge in [0.1, 0.15) is 0 Å². The van der Waals surface area contributed by atoms with Gasteiger partial charge in [-0.25, -0.2) is 0 Å². The first-order chi connectivity index (χ1) is 10.0. The van der Waals surface area contributed by atoms with E-state index in [-0.39, 0.29) is 29.6 Å². The highest BCUT2D eigenvalue weighted by atomic mass is 35.5. The summed E-state index contributed by atoms with van der Waals surface area (Å²) in [6.45, 7) is 6.43. The molecule has 0 radical (unpaired) electrons. The van der Waals surface area contributed by atoms with Gasteiger partial charge in [0, 0.05) is 25.2 Å². The molecule has 1 heterocycles. The van der Waals surface area contributed by atoms with Crippen LogP contribution in [-0.2, 0) is 4.79 Å². The molecular weight excluding hydrogens is 302 g/mol. The molecule has 1 aromatic rings. The third-order valence-corrected chi connectivity index (χ3v) is 3.93. The van der Waals surface area contributed by atoms with Crippen molar-refractivity contribution in [2.45, 2.75) is 20.3 Å². The monoisotopic (exact) mass is 325 g/mol. The molecule has 22 heavy (non-hydrogen) atoms. The third-order valence-electron chi connectivity index (χ3n) is 3.93. The number of hydrogen-bond acceptors (Lipinski definition) is 3. The number of halogens is 1. The summed E-state index contributed by atoms with van der Waals surface area (Å²) in [6, 6.07) is 7.41. The lowest BCUT2D eigenvalue weighted by molar-refractivity contribution is -0.129. The Labute approximate surface area is 137 Å². The molecule has 122 valence electrons. The smallest absolute Gasteiger partial charge is 0.251 e. The van der Waals surface area contributed by atoms with Crippen molar-refractivity contribution >= 4 is 24.2 Å². The van der Waals surface area contributed by atoms with Crippen LogP contribution in [0, 0.1) is 12.3 Å². The first-order valence-corrected chi connectivity index (χ1v) is 7.35. The minimum atomic E-state index is -0.318. The van der Waals surface area contributed by atoms with Crippen LogP contribution in [0.25, 0.3) is 0 Å². The largest absolute Gasteiger partial charge is 0.354 e. The van der Waals surface area contributed by atoms with Crippen molar-refractivity contribution in [3.8, 4) is 0 Å². The van der Waals surface area contributed by atoms with E-state index in [1.807, 2.05) is 26.0 Å². The topological polar surface area (TPSA) is 70.2 Å². The zero-order chi connectivity index (χ0) is 15.3. The van der Waals surface area contributed by atoms with Crippen LogP contribution in [0.2, 0.25) is 0 Å². The summed E-state index contributed by atoms with van der Waals surface area (Å²) in [6.07, 6.45) is 0.856. The highest BCUT2D eigenvalue weighted by molar-refractivity contribution is 5.94. The van der Waals surface area contributed by atoms with Gasteiger partial charge in [-0.05, 0) is 38.9 Å². The summed E-state index contributed by atoms with van der Waals surface area (Å²) < 4.78 is 0. The van der Waals surface area contributed by atoms with E-state index in [1.54, 1.807) is 12.1 Å². The minimum absolute atomic E-state index is 0. The summed E-state index contributed by atoms with van der Waals surface area (Å²) >= 11 is 0. The van der Waals surface area contributed by atoms with E-state index in [0.717, 1.165) is 18.5 Å². The number of rotatable bonds is 5. The molecule has 1 fully saturated rings. The van der Waals surface area contributed by atoms with E-state index in [1.165, 1.54) is 0 Å². The molecule has 2 amide bonds. The Morgan fingerprint density at radius 3 is 2.41 bits per heavy atom. The van der Waals surface area contributed by atoms with Gasteiger partial charge in [-0.1, -0.05) is 17.7 Å². The van der Waals surface area contributed by atoms with Crippen LogP contribution in [0.1, 0.15) is 29.3 Å². The van der Waals surface area contributed by atoms with Gasteiger partial charge in [-0.3, -0.25) is 9.59 Å². The predicted octanol–water partition coefficient (Wildman–Crippen LogP) is 1.26. The summed E-state index contributed by atoms with van der Waals surface area (Å²) in [7, 11) is 0.